The Bertz CT molecular complexity index is 857. The fourth-order valence-corrected chi connectivity index (χ4v) is 3.31. The summed E-state index contributed by atoms with van der Waals surface area (Å²) in [4.78, 5) is 30.0. The van der Waals surface area contributed by atoms with Gasteiger partial charge in [0.25, 0.3) is 5.91 Å². The molecular weight excluding hydrogens is 451 g/mol. The molecule has 2 aromatic rings. The number of nitrogens with zero attached hydrogens (tertiary/aromatic N) is 3. The summed E-state index contributed by atoms with van der Waals surface area (Å²) in [5.41, 5.74) is 2.86. The fourth-order valence-electron chi connectivity index (χ4n) is 2.43. The highest BCUT2D eigenvalue weighted by Gasteiger charge is 2.16. The van der Waals surface area contributed by atoms with Crippen LogP contribution in [0, 0.1) is 5.82 Å². The van der Waals surface area contributed by atoms with Crippen molar-refractivity contribution in [3.8, 4) is 11.3 Å². The highest BCUT2D eigenvalue weighted by molar-refractivity contribution is 7.97. The zero-order chi connectivity index (χ0) is 24.6. The maximum absolute atomic E-state index is 13.4. The number of ether oxygens (including phenoxy) is 2. The second-order valence-corrected chi connectivity index (χ2v) is 7.58. The van der Waals surface area contributed by atoms with Gasteiger partial charge in [0.05, 0.1) is 18.8 Å². The Kier molecular flexibility index (Phi) is 13.7. The van der Waals surface area contributed by atoms with Gasteiger partial charge >= 0.3 is 6.09 Å². The number of carbonyl (C=O) groups excluding carboxylic acids is 2. The molecule has 0 bridgehead atoms. The van der Waals surface area contributed by atoms with Crippen molar-refractivity contribution < 1.29 is 28.7 Å². The molecule has 33 heavy (non-hydrogen) atoms. The van der Waals surface area contributed by atoms with Crippen LogP contribution < -0.4 is 5.48 Å². The highest BCUT2D eigenvalue weighted by Crippen LogP contribution is 2.25. The van der Waals surface area contributed by atoms with Gasteiger partial charge in [-0.2, -0.15) is 0 Å². The van der Waals surface area contributed by atoms with Crippen LogP contribution >= 0.6 is 11.9 Å². The Morgan fingerprint density at radius 3 is 2.55 bits per heavy atom. The number of halogens is 1. The van der Waals surface area contributed by atoms with E-state index in [1.165, 1.54) is 36.1 Å². The average molecular weight is 483 g/mol. The van der Waals surface area contributed by atoms with Crippen molar-refractivity contribution >= 4 is 23.9 Å². The summed E-state index contributed by atoms with van der Waals surface area (Å²) in [6, 6.07) is 9.68. The molecule has 0 saturated heterocycles. The van der Waals surface area contributed by atoms with Crippen LogP contribution in [0.3, 0.4) is 0 Å². The van der Waals surface area contributed by atoms with E-state index in [-0.39, 0.29) is 25.5 Å². The number of rotatable bonds is 11. The van der Waals surface area contributed by atoms with E-state index < -0.39 is 12.0 Å². The Hall–Kier alpha value is -2.73. The Morgan fingerprint density at radius 2 is 1.94 bits per heavy atom. The molecule has 0 saturated carbocycles. The van der Waals surface area contributed by atoms with Gasteiger partial charge in [0.2, 0.25) is 0 Å². The van der Waals surface area contributed by atoms with Crippen molar-refractivity contribution in [3.05, 3.63) is 48.4 Å². The first-order valence-electron chi connectivity index (χ1n) is 10.4. The summed E-state index contributed by atoms with van der Waals surface area (Å²) in [5, 5.41) is 8.85. The molecule has 1 aromatic heterocycles. The zero-order valence-corrected chi connectivity index (χ0v) is 20.1. The van der Waals surface area contributed by atoms with Crippen molar-refractivity contribution in [3.63, 3.8) is 0 Å². The van der Waals surface area contributed by atoms with Gasteiger partial charge in [0.15, 0.2) is 0 Å². The average Bonchev–Trinajstić information content (AvgIpc) is 2.84. The molecule has 0 aliphatic heterocycles. The van der Waals surface area contributed by atoms with Gasteiger partial charge in [-0.05, 0) is 36.2 Å². The van der Waals surface area contributed by atoms with Gasteiger partial charge in [0.1, 0.15) is 12.4 Å². The number of pyridine rings is 1. The van der Waals surface area contributed by atoms with E-state index in [1.54, 1.807) is 47.3 Å². The highest BCUT2D eigenvalue weighted by atomic mass is 32.2. The second-order valence-electron chi connectivity index (χ2n) is 6.41. The molecule has 2 N–H and O–H groups in total. The lowest BCUT2D eigenvalue weighted by Crippen LogP contribution is -2.38. The van der Waals surface area contributed by atoms with Crippen LogP contribution in [0.2, 0.25) is 0 Å². The Morgan fingerprint density at radius 1 is 1.18 bits per heavy atom. The van der Waals surface area contributed by atoms with E-state index in [0.29, 0.717) is 24.4 Å². The number of aromatic nitrogens is 1. The maximum atomic E-state index is 13.4. The molecule has 0 fully saturated rings. The van der Waals surface area contributed by atoms with Gasteiger partial charge < -0.3 is 14.4 Å². The van der Waals surface area contributed by atoms with Crippen molar-refractivity contribution in [2.45, 2.75) is 18.7 Å². The number of likely N-dealkylation sites (N-methyl/N-ethyl adjacent to an activating group) is 1. The fraction of sp³-hybridized carbons (Fsp3) is 0.409. The zero-order valence-electron chi connectivity index (χ0n) is 19.3. The lowest BCUT2D eigenvalue weighted by Gasteiger charge is -2.23. The molecule has 0 aliphatic carbocycles. The first-order chi connectivity index (χ1) is 15.9. The third-order valence-corrected chi connectivity index (χ3v) is 5.07. The molecule has 11 heteroatoms. The molecular formula is C22H31FN4O5S. The standard InChI is InChI=1S/C20H25FN4O5S.C2H6/c1-24(20(27)30-11-10-29-2)8-9-25(14-19(26)23-28)31-17-6-7-18(22-13-17)15-4-3-5-16(21)12-15;1-2/h3-7,12-13,28H,8-11,14H2,1-2H3,(H,23,26);1-2H3. The first kappa shape index (κ1) is 28.3. The topological polar surface area (TPSA) is 104 Å². The van der Waals surface area contributed by atoms with Crippen LogP contribution in [0.1, 0.15) is 13.8 Å². The van der Waals surface area contributed by atoms with Gasteiger partial charge in [-0.3, -0.25) is 15.0 Å². The van der Waals surface area contributed by atoms with E-state index in [1.807, 2.05) is 13.8 Å². The summed E-state index contributed by atoms with van der Waals surface area (Å²) in [7, 11) is 3.10. The number of hydrogen-bond donors (Lipinski definition) is 2. The lowest BCUT2D eigenvalue weighted by atomic mass is 10.1. The molecule has 0 atom stereocenters. The minimum Gasteiger partial charge on any atom is -0.447 e. The van der Waals surface area contributed by atoms with Crippen LogP contribution in [-0.2, 0) is 14.3 Å². The summed E-state index contributed by atoms with van der Waals surface area (Å²) < 4.78 is 25.0. The molecule has 0 radical (unpaired) electrons. The van der Waals surface area contributed by atoms with Gasteiger partial charge in [-0.15, -0.1) is 0 Å². The molecule has 2 amide bonds. The number of hydroxylamine groups is 1. The summed E-state index contributed by atoms with van der Waals surface area (Å²) >= 11 is 1.24. The van der Waals surface area contributed by atoms with Gasteiger partial charge in [-0.1, -0.05) is 26.0 Å². The van der Waals surface area contributed by atoms with Crippen molar-refractivity contribution in [2.75, 3.05) is 47.0 Å². The monoisotopic (exact) mass is 482 g/mol. The van der Waals surface area contributed by atoms with E-state index >= 15 is 0 Å². The van der Waals surface area contributed by atoms with Crippen LogP contribution in [0.4, 0.5) is 9.18 Å². The minimum absolute atomic E-state index is 0.112. The molecule has 1 heterocycles. The minimum atomic E-state index is -0.595. The Balaban J connectivity index is 0.00000265. The van der Waals surface area contributed by atoms with E-state index in [9.17, 15) is 14.0 Å². The number of benzene rings is 1. The summed E-state index contributed by atoms with van der Waals surface area (Å²) in [6.45, 7) is 4.94. The summed E-state index contributed by atoms with van der Waals surface area (Å²) in [6.07, 6.45) is 1.10. The van der Waals surface area contributed by atoms with Gasteiger partial charge in [0, 0.05) is 43.9 Å². The molecule has 2 rings (SSSR count). The molecule has 1 aromatic carbocycles. The van der Waals surface area contributed by atoms with Crippen LogP contribution in [0.25, 0.3) is 11.3 Å². The van der Waals surface area contributed by atoms with Crippen LogP contribution in [-0.4, -0.2) is 78.4 Å². The smallest absolute Gasteiger partial charge is 0.409 e. The number of hydrogen-bond acceptors (Lipinski definition) is 8. The molecule has 9 nitrogen and oxygen atoms in total. The quantitative estimate of drug-likeness (QED) is 0.217. The number of nitrogens with one attached hydrogen (secondary N) is 1. The Labute approximate surface area is 198 Å². The molecule has 182 valence electrons. The number of methoxy groups -OCH3 is 1. The van der Waals surface area contributed by atoms with E-state index in [2.05, 4.69) is 4.98 Å². The predicted octanol–water partition coefficient (Wildman–Crippen LogP) is 3.44. The van der Waals surface area contributed by atoms with E-state index in [4.69, 9.17) is 14.7 Å². The lowest BCUT2D eigenvalue weighted by molar-refractivity contribution is -0.129. The van der Waals surface area contributed by atoms with Crippen molar-refractivity contribution in [1.29, 1.82) is 0 Å². The third-order valence-electron chi connectivity index (χ3n) is 4.05. The normalized spacial score (nSPS) is 10.3. The molecule has 0 aliphatic rings. The van der Waals surface area contributed by atoms with Crippen LogP contribution in [0.5, 0.6) is 0 Å². The first-order valence-corrected chi connectivity index (χ1v) is 11.1. The second kappa shape index (κ2) is 16.0. The van der Waals surface area contributed by atoms with Crippen LogP contribution in [0.15, 0.2) is 47.5 Å². The molecule has 0 spiro atoms. The SMILES string of the molecule is CC.COCCOC(=O)N(C)CCN(CC(=O)NO)Sc1ccc(-c2cccc(F)c2)nc1. The van der Waals surface area contributed by atoms with Crippen molar-refractivity contribution in [2.24, 2.45) is 0 Å². The van der Waals surface area contributed by atoms with Crippen molar-refractivity contribution in [1.82, 2.24) is 19.7 Å². The van der Waals surface area contributed by atoms with E-state index in [0.717, 1.165) is 4.90 Å². The summed E-state index contributed by atoms with van der Waals surface area (Å²) in [5.74, 6) is -0.939. The van der Waals surface area contributed by atoms with Gasteiger partial charge in [-0.25, -0.2) is 19.0 Å². The predicted molar refractivity (Wildman–Crippen MR) is 124 cm³/mol. The largest absolute Gasteiger partial charge is 0.447 e. The maximum Gasteiger partial charge on any atom is 0.409 e. The number of carbonyl (C=O) groups is 2. The number of amides is 2. The third kappa shape index (κ3) is 10.6. The molecule has 0 unspecified atom stereocenters.